The van der Waals surface area contributed by atoms with Crippen LogP contribution in [-0.2, 0) is 26.2 Å². The Morgan fingerprint density at radius 3 is 2.05 bits per heavy atom. The summed E-state index contributed by atoms with van der Waals surface area (Å²) in [6, 6.07) is 0. The average Bonchev–Trinajstić information content (AvgIpc) is 2.87. The summed E-state index contributed by atoms with van der Waals surface area (Å²) in [5.41, 5.74) is 5.64. The Labute approximate surface area is 156 Å². The minimum absolute atomic E-state index is 0. The largest absolute Gasteiger partial charge is 2.00 e. The van der Waals surface area contributed by atoms with Crippen molar-refractivity contribution in [2.24, 2.45) is 5.92 Å². The van der Waals surface area contributed by atoms with E-state index in [0.717, 1.165) is 6.42 Å². The standard InChI is InChI=1S/C9H13.C8H11.2ClH.Zr/c1-6-5-7(2)9(4)8(6)3;1-2-5-8-6-3-4-7-8;;;/h6H,1-4H3;3,6H,2,4-5H2,1H3;2*1H;/q2*-1;;;+2/p-2. The zero-order chi connectivity index (χ0) is 12.8. The van der Waals surface area contributed by atoms with Gasteiger partial charge in [-0.2, -0.15) is 17.2 Å². The van der Waals surface area contributed by atoms with Gasteiger partial charge in [-0.1, -0.05) is 46.5 Å². The average molecular weight is 391 g/mol. The Balaban J connectivity index is -0.000000252. The van der Waals surface area contributed by atoms with Gasteiger partial charge >= 0.3 is 26.2 Å². The molecule has 0 aromatic carbocycles. The van der Waals surface area contributed by atoms with Crippen molar-refractivity contribution < 1.29 is 51.0 Å². The molecule has 2 aliphatic rings. The van der Waals surface area contributed by atoms with Crippen molar-refractivity contribution in [3.05, 3.63) is 46.6 Å². The molecule has 2 aliphatic carbocycles. The molecular formula is C17H24Cl2Zr-2. The SMILES string of the molecule is CC1=[C-]C(C)C(C)=C1C.CCCC1=[C-]CC=C1.[Cl-].[Cl-].[Zr+2]. The van der Waals surface area contributed by atoms with E-state index in [1.54, 1.807) is 0 Å². The molecule has 0 N–H and O–H groups in total. The van der Waals surface area contributed by atoms with Crippen molar-refractivity contribution in [2.45, 2.75) is 53.9 Å². The van der Waals surface area contributed by atoms with Crippen molar-refractivity contribution in [3.63, 3.8) is 0 Å². The molecule has 20 heavy (non-hydrogen) atoms. The molecule has 0 aliphatic heterocycles. The molecule has 0 saturated heterocycles. The molecular weight excluding hydrogens is 366 g/mol. The zero-order valence-corrected chi connectivity index (χ0v) is 17.1. The fourth-order valence-electron chi connectivity index (χ4n) is 2.05. The van der Waals surface area contributed by atoms with Gasteiger partial charge in [0.05, 0.1) is 0 Å². The monoisotopic (exact) mass is 388 g/mol. The van der Waals surface area contributed by atoms with Crippen LogP contribution in [0.4, 0.5) is 0 Å². The Hall–Kier alpha value is 0.423. The first-order valence-corrected chi connectivity index (χ1v) is 6.60. The Bertz CT molecular complexity index is 390. The second kappa shape index (κ2) is 13.1. The second-order valence-electron chi connectivity index (χ2n) is 4.86. The molecule has 3 heteroatoms. The van der Waals surface area contributed by atoms with Crippen LogP contribution >= 0.6 is 0 Å². The molecule has 0 aromatic heterocycles. The fourth-order valence-corrected chi connectivity index (χ4v) is 2.05. The molecule has 0 heterocycles. The summed E-state index contributed by atoms with van der Waals surface area (Å²) in [6.07, 6.45) is 14.4. The summed E-state index contributed by atoms with van der Waals surface area (Å²) >= 11 is 0. The molecule has 1 atom stereocenters. The van der Waals surface area contributed by atoms with E-state index in [4.69, 9.17) is 0 Å². The van der Waals surface area contributed by atoms with E-state index in [2.05, 4.69) is 58.9 Å². The molecule has 0 fully saturated rings. The number of hydrogen-bond donors (Lipinski definition) is 0. The van der Waals surface area contributed by atoms with Crippen LogP contribution in [0.25, 0.3) is 0 Å². The number of hydrogen-bond acceptors (Lipinski definition) is 0. The third kappa shape index (κ3) is 8.01. The summed E-state index contributed by atoms with van der Waals surface area (Å²) in [4.78, 5) is 0. The Morgan fingerprint density at radius 1 is 1.20 bits per heavy atom. The first-order chi connectivity index (χ1) is 8.06. The van der Waals surface area contributed by atoms with Gasteiger partial charge in [0.1, 0.15) is 0 Å². The first-order valence-electron chi connectivity index (χ1n) is 6.60. The molecule has 1 unspecified atom stereocenters. The van der Waals surface area contributed by atoms with Crippen LogP contribution in [-0.4, -0.2) is 0 Å². The van der Waals surface area contributed by atoms with E-state index in [1.165, 1.54) is 35.1 Å². The van der Waals surface area contributed by atoms with Crippen LogP contribution in [0.15, 0.2) is 34.4 Å². The van der Waals surface area contributed by atoms with Crippen molar-refractivity contribution >= 4 is 0 Å². The zero-order valence-electron chi connectivity index (χ0n) is 13.1. The van der Waals surface area contributed by atoms with Crippen LogP contribution in [0.2, 0.25) is 0 Å². The van der Waals surface area contributed by atoms with Gasteiger partial charge < -0.3 is 24.8 Å². The van der Waals surface area contributed by atoms with Gasteiger partial charge in [0.15, 0.2) is 0 Å². The first kappa shape index (κ1) is 25.4. The van der Waals surface area contributed by atoms with Gasteiger partial charge in [0.25, 0.3) is 0 Å². The van der Waals surface area contributed by atoms with Crippen molar-refractivity contribution in [2.75, 3.05) is 0 Å². The maximum absolute atomic E-state index is 3.36. The minimum Gasteiger partial charge on any atom is -1.00 e. The molecule has 0 aromatic rings. The summed E-state index contributed by atoms with van der Waals surface area (Å²) in [5, 5.41) is 0. The van der Waals surface area contributed by atoms with Gasteiger partial charge in [-0.25, -0.2) is 17.2 Å². The van der Waals surface area contributed by atoms with Gasteiger partial charge in [-0.15, -0.1) is 13.3 Å². The van der Waals surface area contributed by atoms with Gasteiger partial charge in [0, 0.05) is 0 Å². The van der Waals surface area contributed by atoms with Crippen LogP contribution < -0.4 is 24.8 Å². The molecule has 0 nitrogen and oxygen atoms in total. The van der Waals surface area contributed by atoms with Crippen molar-refractivity contribution in [1.29, 1.82) is 0 Å². The summed E-state index contributed by atoms with van der Waals surface area (Å²) in [5.74, 6) is 0.560. The summed E-state index contributed by atoms with van der Waals surface area (Å²) in [6.45, 7) is 10.9. The van der Waals surface area contributed by atoms with E-state index in [-0.39, 0.29) is 51.0 Å². The third-order valence-corrected chi connectivity index (χ3v) is 3.52. The van der Waals surface area contributed by atoms with Gasteiger partial charge in [0.2, 0.25) is 0 Å². The molecule has 0 bridgehead atoms. The van der Waals surface area contributed by atoms with Gasteiger partial charge in [-0.3, -0.25) is 12.2 Å². The Kier molecular flexibility index (Phi) is 16.6. The summed E-state index contributed by atoms with van der Waals surface area (Å²) < 4.78 is 0. The topological polar surface area (TPSA) is 0 Å². The van der Waals surface area contributed by atoms with Crippen molar-refractivity contribution in [1.82, 2.24) is 0 Å². The minimum atomic E-state index is 0. The second-order valence-corrected chi connectivity index (χ2v) is 4.86. The van der Waals surface area contributed by atoms with Crippen LogP contribution in [0.3, 0.4) is 0 Å². The molecule has 0 amide bonds. The van der Waals surface area contributed by atoms with Crippen LogP contribution in [0, 0.1) is 18.1 Å². The van der Waals surface area contributed by atoms with E-state index in [1.807, 2.05) is 0 Å². The molecule has 0 spiro atoms. The molecule has 0 saturated carbocycles. The predicted octanol–water partition coefficient (Wildman–Crippen LogP) is -0.797. The Morgan fingerprint density at radius 2 is 1.80 bits per heavy atom. The van der Waals surface area contributed by atoms with E-state index in [9.17, 15) is 0 Å². The van der Waals surface area contributed by atoms with E-state index in [0.29, 0.717) is 5.92 Å². The smallest absolute Gasteiger partial charge is 1.00 e. The molecule has 2 rings (SSSR count). The maximum Gasteiger partial charge on any atom is 2.00 e. The third-order valence-electron chi connectivity index (χ3n) is 3.52. The number of rotatable bonds is 2. The number of halogens is 2. The summed E-state index contributed by atoms with van der Waals surface area (Å²) in [7, 11) is 0. The fraction of sp³-hybridized carbons (Fsp3) is 0.529. The van der Waals surface area contributed by atoms with Crippen LogP contribution in [0.5, 0.6) is 0 Å². The quantitative estimate of drug-likeness (QED) is 0.542. The van der Waals surface area contributed by atoms with Gasteiger partial charge in [-0.05, 0) is 0 Å². The molecule has 0 radical (unpaired) electrons. The molecule has 112 valence electrons. The predicted molar refractivity (Wildman–Crippen MR) is 75.4 cm³/mol. The number of allylic oxidation sites excluding steroid dienone is 8. The normalized spacial score (nSPS) is 18.9. The maximum atomic E-state index is 3.36. The van der Waals surface area contributed by atoms with E-state index >= 15 is 0 Å². The van der Waals surface area contributed by atoms with Crippen molar-refractivity contribution in [3.8, 4) is 0 Å². The van der Waals surface area contributed by atoms with E-state index < -0.39 is 0 Å². The van der Waals surface area contributed by atoms with Crippen LogP contribution in [0.1, 0.15) is 53.9 Å².